The van der Waals surface area contributed by atoms with Gasteiger partial charge in [0.05, 0.1) is 0 Å². The Morgan fingerprint density at radius 2 is 1.00 bits per heavy atom. The van der Waals surface area contributed by atoms with Crippen LogP contribution in [0, 0.1) is 0 Å². The zero-order valence-corrected chi connectivity index (χ0v) is 21.7. The smallest absolute Gasteiger partial charge is 0.208 e. The summed E-state index contributed by atoms with van der Waals surface area (Å²) in [5.74, 6) is 1.10. The average Bonchev–Trinajstić information content (AvgIpc) is 3.00. The van der Waals surface area contributed by atoms with Crippen molar-refractivity contribution in [2.45, 2.75) is 0 Å². The maximum Gasteiger partial charge on any atom is 0.226 e. The van der Waals surface area contributed by atoms with Crippen LogP contribution >= 0.6 is 11.6 Å². The predicted octanol–water partition coefficient (Wildman–Crippen LogP) is 9.50. The van der Waals surface area contributed by atoms with Gasteiger partial charge in [0.25, 0.3) is 0 Å². The van der Waals surface area contributed by atoms with Crippen molar-refractivity contribution >= 4 is 33.1 Å². The summed E-state index contributed by atoms with van der Waals surface area (Å²) in [4.78, 5) is 13.9. The molecule has 7 aromatic rings. The fraction of sp³-hybridized carbons (Fsp3) is 0. The van der Waals surface area contributed by atoms with E-state index in [1.165, 1.54) is 21.9 Å². The van der Waals surface area contributed by atoms with Crippen LogP contribution in [0.4, 0.5) is 0 Å². The molecular formula is C35H22ClN3. The highest BCUT2D eigenvalue weighted by Crippen LogP contribution is 2.36. The number of nitrogens with zero attached hydrogens (tertiary/aromatic N) is 3. The van der Waals surface area contributed by atoms with E-state index in [4.69, 9.17) is 16.6 Å². The Hall–Kier alpha value is -4.86. The molecule has 0 unspecified atom stereocenters. The van der Waals surface area contributed by atoms with Gasteiger partial charge in [0.15, 0.2) is 11.6 Å². The van der Waals surface area contributed by atoms with Crippen molar-refractivity contribution in [3.05, 3.63) is 139 Å². The summed E-state index contributed by atoms with van der Waals surface area (Å²) in [6.07, 6.45) is 0. The first kappa shape index (κ1) is 23.3. The Labute approximate surface area is 231 Å². The number of hydrogen-bond donors (Lipinski definition) is 0. The van der Waals surface area contributed by atoms with Crippen LogP contribution in [0.25, 0.3) is 66.6 Å². The molecule has 0 aliphatic rings. The lowest BCUT2D eigenvalue weighted by molar-refractivity contribution is 1.07. The van der Waals surface area contributed by atoms with Crippen LogP contribution in [0.1, 0.15) is 0 Å². The monoisotopic (exact) mass is 519 g/mol. The number of halogens is 1. The molecule has 0 amide bonds. The molecule has 0 saturated carbocycles. The van der Waals surface area contributed by atoms with E-state index in [1.54, 1.807) is 0 Å². The Kier molecular flexibility index (Phi) is 5.84. The minimum absolute atomic E-state index is 0.169. The van der Waals surface area contributed by atoms with Crippen LogP contribution in [0.5, 0.6) is 0 Å². The summed E-state index contributed by atoms with van der Waals surface area (Å²) in [6.45, 7) is 0. The molecule has 0 bridgehead atoms. The van der Waals surface area contributed by atoms with Crippen LogP contribution in [-0.2, 0) is 0 Å². The molecule has 0 N–H and O–H groups in total. The van der Waals surface area contributed by atoms with Gasteiger partial charge in [0.1, 0.15) is 0 Å². The van der Waals surface area contributed by atoms with Gasteiger partial charge in [-0.3, -0.25) is 0 Å². The molecule has 3 nitrogen and oxygen atoms in total. The number of rotatable bonds is 4. The van der Waals surface area contributed by atoms with E-state index in [9.17, 15) is 0 Å². The van der Waals surface area contributed by atoms with Gasteiger partial charge in [-0.05, 0) is 67.5 Å². The Morgan fingerprint density at radius 3 is 1.85 bits per heavy atom. The van der Waals surface area contributed by atoms with Crippen molar-refractivity contribution in [1.82, 2.24) is 15.0 Å². The van der Waals surface area contributed by atoms with E-state index in [0.29, 0.717) is 11.6 Å². The second-order valence-corrected chi connectivity index (χ2v) is 9.80. The summed E-state index contributed by atoms with van der Waals surface area (Å²) in [5, 5.41) is 4.80. The van der Waals surface area contributed by atoms with E-state index in [0.717, 1.165) is 33.0 Å². The summed E-state index contributed by atoms with van der Waals surface area (Å²) < 4.78 is 0. The van der Waals surface area contributed by atoms with E-state index in [1.807, 2.05) is 30.3 Å². The molecule has 1 aromatic heterocycles. The molecule has 0 saturated heterocycles. The zero-order valence-electron chi connectivity index (χ0n) is 20.9. The highest BCUT2D eigenvalue weighted by molar-refractivity contribution is 6.28. The second-order valence-electron chi connectivity index (χ2n) is 9.47. The first-order valence-corrected chi connectivity index (χ1v) is 13.2. The second kappa shape index (κ2) is 9.79. The van der Waals surface area contributed by atoms with Gasteiger partial charge in [0, 0.05) is 11.1 Å². The maximum atomic E-state index is 6.49. The molecular weight excluding hydrogens is 498 g/mol. The molecule has 0 atom stereocenters. The third-order valence-corrected chi connectivity index (χ3v) is 7.23. The van der Waals surface area contributed by atoms with Gasteiger partial charge >= 0.3 is 0 Å². The molecule has 0 spiro atoms. The summed E-state index contributed by atoms with van der Waals surface area (Å²) in [6, 6.07) is 46.1. The van der Waals surface area contributed by atoms with Crippen LogP contribution in [0.15, 0.2) is 133 Å². The molecule has 7 rings (SSSR count). The summed E-state index contributed by atoms with van der Waals surface area (Å²) in [7, 11) is 0. The Balaban J connectivity index is 1.32. The SMILES string of the molecule is Clc1nc(-c2ccc3cc(-c4ccccc4)ccc3c2)nc(-c2ccccc2-c2cccc3ccccc23)n1. The maximum absolute atomic E-state index is 6.49. The first-order valence-electron chi connectivity index (χ1n) is 12.8. The zero-order chi connectivity index (χ0) is 26.2. The third kappa shape index (κ3) is 4.43. The molecule has 1 heterocycles. The molecule has 0 radical (unpaired) electrons. The van der Waals surface area contributed by atoms with E-state index in [-0.39, 0.29) is 5.28 Å². The fourth-order valence-corrected chi connectivity index (χ4v) is 5.33. The lowest BCUT2D eigenvalue weighted by atomic mass is 9.94. The van der Waals surface area contributed by atoms with Gasteiger partial charge in [-0.1, -0.05) is 121 Å². The number of hydrogen-bond acceptors (Lipinski definition) is 3. The fourth-order valence-electron chi connectivity index (χ4n) is 5.17. The number of benzene rings is 6. The normalized spacial score (nSPS) is 11.2. The molecule has 6 aromatic carbocycles. The standard InChI is InChI=1S/C35H22ClN3/c36-35-38-33(28-20-19-26-21-25(17-18-27(26)22-28)23-9-2-1-3-10-23)37-34(39-35)32-15-7-6-14-31(32)30-16-8-12-24-11-4-5-13-29(24)30/h1-22H. The van der Waals surface area contributed by atoms with Crippen LogP contribution in [-0.4, -0.2) is 15.0 Å². The van der Waals surface area contributed by atoms with Gasteiger partial charge in [0.2, 0.25) is 5.28 Å². The molecule has 39 heavy (non-hydrogen) atoms. The summed E-state index contributed by atoms with van der Waals surface area (Å²) in [5.41, 5.74) is 6.36. The molecule has 184 valence electrons. The van der Waals surface area contributed by atoms with Gasteiger partial charge in [-0.25, -0.2) is 4.98 Å². The number of aromatic nitrogens is 3. The van der Waals surface area contributed by atoms with Crippen LogP contribution < -0.4 is 0 Å². The Morgan fingerprint density at radius 1 is 0.385 bits per heavy atom. The predicted molar refractivity (Wildman–Crippen MR) is 162 cm³/mol. The van der Waals surface area contributed by atoms with E-state index < -0.39 is 0 Å². The largest absolute Gasteiger partial charge is 0.226 e. The molecule has 0 fully saturated rings. The highest BCUT2D eigenvalue weighted by atomic mass is 35.5. The lowest BCUT2D eigenvalue weighted by Gasteiger charge is -2.12. The highest BCUT2D eigenvalue weighted by Gasteiger charge is 2.15. The van der Waals surface area contributed by atoms with Crippen molar-refractivity contribution in [1.29, 1.82) is 0 Å². The molecule has 0 aliphatic heterocycles. The average molecular weight is 520 g/mol. The quantitative estimate of drug-likeness (QED) is 0.232. The third-order valence-electron chi connectivity index (χ3n) is 7.06. The molecule has 0 aliphatic carbocycles. The Bertz CT molecular complexity index is 1980. The van der Waals surface area contributed by atoms with Gasteiger partial charge in [-0.15, -0.1) is 0 Å². The van der Waals surface area contributed by atoms with E-state index >= 15 is 0 Å². The van der Waals surface area contributed by atoms with Crippen molar-refractivity contribution in [3.63, 3.8) is 0 Å². The van der Waals surface area contributed by atoms with Crippen molar-refractivity contribution in [2.24, 2.45) is 0 Å². The van der Waals surface area contributed by atoms with Crippen molar-refractivity contribution in [2.75, 3.05) is 0 Å². The first-order chi connectivity index (χ1) is 19.2. The van der Waals surface area contributed by atoms with Crippen LogP contribution in [0.3, 0.4) is 0 Å². The van der Waals surface area contributed by atoms with E-state index in [2.05, 4.69) is 113 Å². The van der Waals surface area contributed by atoms with Gasteiger partial charge in [-0.2, -0.15) is 9.97 Å². The number of fused-ring (bicyclic) bond motifs is 2. The topological polar surface area (TPSA) is 38.7 Å². The minimum atomic E-state index is 0.169. The van der Waals surface area contributed by atoms with Crippen molar-refractivity contribution < 1.29 is 0 Å². The van der Waals surface area contributed by atoms with Crippen LogP contribution in [0.2, 0.25) is 5.28 Å². The van der Waals surface area contributed by atoms with Crippen molar-refractivity contribution in [3.8, 4) is 45.0 Å². The minimum Gasteiger partial charge on any atom is -0.208 e. The molecule has 4 heteroatoms. The van der Waals surface area contributed by atoms with Gasteiger partial charge < -0.3 is 0 Å². The summed E-state index contributed by atoms with van der Waals surface area (Å²) >= 11 is 6.49. The lowest BCUT2D eigenvalue weighted by Crippen LogP contribution is -1.98.